The van der Waals surface area contributed by atoms with Crippen molar-refractivity contribution in [2.45, 2.75) is 13.0 Å². The lowest BCUT2D eigenvalue weighted by atomic mass is 10.3. The number of hydrogen-bond acceptors (Lipinski definition) is 5. The second kappa shape index (κ2) is 6.99. The van der Waals surface area contributed by atoms with Gasteiger partial charge < -0.3 is 4.74 Å². The lowest BCUT2D eigenvalue weighted by Crippen LogP contribution is -2.47. The Morgan fingerprint density at radius 3 is 2.57 bits per heavy atom. The molecule has 0 radical (unpaired) electrons. The van der Waals surface area contributed by atoms with Crippen molar-refractivity contribution in [3.63, 3.8) is 0 Å². The minimum absolute atomic E-state index is 0.106. The molecule has 0 saturated carbocycles. The van der Waals surface area contributed by atoms with E-state index in [1.807, 2.05) is 6.07 Å². The lowest BCUT2D eigenvalue weighted by molar-refractivity contribution is -0.128. The molecule has 0 bridgehead atoms. The van der Waals surface area contributed by atoms with Gasteiger partial charge in [0.05, 0.1) is 6.20 Å². The maximum absolute atomic E-state index is 11.8. The van der Waals surface area contributed by atoms with Crippen LogP contribution >= 0.6 is 0 Å². The minimum Gasteiger partial charge on any atom is -0.481 e. The Morgan fingerprint density at radius 1 is 1.14 bits per heavy atom. The molecule has 1 aromatic heterocycles. The van der Waals surface area contributed by atoms with E-state index >= 15 is 0 Å². The summed E-state index contributed by atoms with van der Waals surface area (Å²) in [6, 6.07) is 8.92. The van der Waals surface area contributed by atoms with Gasteiger partial charge in [0, 0.05) is 12.4 Å². The van der Waals surface area contributed by atoms with Crippen molar-refractivity contribution in [2.75, 3.05) is 0 Å². The molecule has 21 heavy (non-hydrogen) atoms. The van der Waals surface area contributed by atoms with E-state index < -0.39 is 17.9 Å². The zero-order valence-electron chi connectivity index (χ0n) is 11.3. The predicted molar refractivity (Wildman–Crippen MR) is 74.2 cm³/mol. The minimum atomic E-state index is -0.755. The highest BCUT2D eigenvalue weighted by atomic mass is 16.5. The standard InChI is InChI=1S/C14H14N4O3/c1-10(21-11-5-3-2-4-6-11)13(19)17-18-14(20)12-9-15-7-8-16-12/h2-10H,1H3,(H,17,19)(H,18,20). The molecule has 108 valence electrons. The van der Waals surface area contributed by atoms with Crippen LogP contribution < -0.4 is 15.6 Å². The van der Waals surface area contributed by atoms with Crippen LogP contribution in [0.4, 0.5) is 0 Å². The zero-order chi connectivity index (χ0) is 15.1. The van der Waals surface area contributed by atoms with Crippen LogP contribution in [0.1, 0.15) is 17.4 Å². The fraction of sp³-hybridized carbons (Fsp3) is 0.143. The van der Waals surface area contributed by atoms with Crippen molar-refractivity contribution >= 4 is 11.8 Å². The number of amides is 2. The molecule has 7 nitrogen and oxygen atoms in total. The van der Waals surface area contributed by atoms with Crippen molar-refractivity contribution in [3.05, 3.63) is 54.6 Å². The number of hydrogen-bond donors (Lipinski definition) is 2. The van der Waals surface area contributed by atoms with Gasteiger partial charge in [-0.2, -0.15) is 0 Å². The molecule has 1 unspecified atom stereocenters. The average molecular weight is 286 g/mol. The fourth-order valence-electron chi connectivity index (χ4n) is 1.46. The van der Waals surface area contributed by atoms with Crippen LogP contribution in [0.5, 0.6) is 5.75 Å². The Morgan fingerprint density at radius 2 is 1.90 bits per heavy atom. The number of benzene rings is 1. The van der Waals surface area contributed by atoms with Gasteiger partial charge in [-0.3, -0.25) is 25.4 Å². The van der Waals surface area contributed by atoms with Gasteiger partial charge >= 0.3 is 0 Å². The molecule has 2 aromatic rings. The number of nitrogens with one attached hydrogen (secondary N) is 2. The summed E-state index contributed by atoms with van der Waals surface area (Å²) in [6.07, 6.45) is 3.38. The van der Waals surface area contributed by atoms with Crippen LogP contribution in [0.3, 0.4) is 0 Å². The predicted octanol–water partition coefficient (Wildman–Crippen LogP) is 0.705. The molecule has 1 atom stereocenters. The molecule has 2 amide bonds. The Kier molecular flexibility index (Phi) is 4.81. The summed E-state index contributed by atoms with van der Waals surface area (Å²) >= 11 is 0. The summed E-state index contributed by atoms with van der Waals surface area (Å²) < 4.78 is 5.42. The average Bonchev–Trinajstić information content (AvgIpc) is 2.54. The van der Waals surface area contributed by atoms with Crippen LogP contribution in [-0.2, 0) is 4.79 Å². The Hall–Kier alpha value is -2.96. The van der Waals surface area contributed by atoms with E-state index in [-0.39, 0.29) is 5.69 Å². The van der Waals surface area contributed by atoms with Crippen molar-refractivity contribution in [1.29, 1.82) is 0 Å². The molecule has 7 heteroatoms. The first-order valence-electron chi connectivity index (χ1n) is 6.24. The van der Waals surface area contributed by atoms with Gasteiger partial charge in [-0.1, -0.05) is 18.2 Å². The number of nitrogens with zero attached hydrogens (tertiary/aromatic N) is 2. The van der Waals surface area contributed by atoms with Gasteiger partial charge in [0.1, 0.15) is 11.4 Å². The molecule has 0 fully saturated rings. The van der Waals surface area contributed by atoms with E-state index in [9.17, 15) is 9.59 Å². The van der Waals surface area contributed by atoms with Crippen LogP contribution in [0.15, 0.2) is 48.9 Å². The number of hydrazine groups is 1. The number of carbonyl (C=O) groups excluding carboxylic acids is 2. The van der Waals surface area contributed by atoms with Crippen molar-refractivity contribution in [3.8, 4) is 5.75 Å². The normalized spacial score (nSPS) is 11.3. The van der Waals surface area contributed by atoms with Gasteiger partial charge in [0.25, 0.3) is 11.8 Å². The van der Waals surface area contributed by atoms with E-state index in [0.717, 1.165) is 0 Å². The number of para-hydroxylation sites is 1. The molecule has 0 aliphatic rings. The Balaban J connectivity index is 1.83. The van der Waals surface area contributed by atoms with Crippen molar-refractivity contribution < 1.29 is 14.3 Å². The lowest BCUT2D eigenvalue weighted by Gasteiger charge is -2.14. The highest BCUT2D eigenvalue weighted by molar-refractivity contribution is 5.93. The van der Waals surface area contributed by atoms with Gasteiger partial charge in [-0.05, 0) is 19.1 Å². The molecule has 2 N–H and O–H groups in total. The van der Waals surface area contributed by atoms with Crippen molar-refractivity contribution in [1.82, 2.24) is 20.8 Å². The summed E-state index contributed by atoms with van der Waals surface area (Å²) in [5.74, 6) is -0.458. The van der Waals surface area contributed by atoms with Gasteiger partial charge in [-0.25, -0.2) is 4.98 Å². The molecule has 0 aliphatic heterocycles. The second-order valence-corrected chi connectivity index (χ2v) is 4.11. The summed E-state index contributed by atoms with van der Waals surface area (Å²) in [4.78, 5) is 31.0. The zero-order valence-corrected chi connectivity index (χ0v) is 11.3. The van der Waals surface area contributed by atoms with E-state index in [4.69, 9.17) is 4.74 Å². The van der Waals surface area contributed by atoms with E-state index in [1.54, 1.807) is 31.2 Å². The second-order valence-electron chi connectivity index (χ2n) is 4.11. The number of carbonyl (C=O) groups is 2. The maximum Gasteiger partial charge on any atom is 0.289 e. The highest BCUT2D eigenvalue weighted by Crippen LogP contribution is 2.10. The van der Waals surface area contributed by atoms with Gasteiger partial charge in [0.15, 0.2) is 6.10 Å². The third-order valence-corrected chi connectivity index (χ3v) is 2.52. The molecule has 0 saturated heterocycles. The fourth-order valence-corrected chi connectivity index (χ4v) is 1.46. The number of aromatic nitrogens is 2. The van der Waals surface area contributed by atoms with Gasteiger partial charge in [0.2, 0.25) is 0 Å². The van der Waals surface area contributed by atoms with Crippen molar-refractivity contribution in [2.24, 2.45) is 0 Å². The molecule has 2 rings (SSSR count). The first-order chi connectivity index (χ1) is 10.2. The summed E-state index contributed by atoms with van der Waals surface area (Å²) in [7, 11) is 0. The maximum atomic E-state index is 11.8. The largest absolute Gasteiger partial charge is 0.481 e. The van der Waals surface area contributed by atoms with E-state index in [1.165, 1.54) is 18.6 Å². The van der Waals surface area contributed by atoms with Crippen LogP contribution in [-0.4, -0.2) is 27.9 Å². The van der Waals surface area contributed by atoms with E-state index in [2.05, 4.69) is 20.8 Å². The number of rotatable bonds is 4. The summed E-state index contributed by atoms with van der Waals surface area (Å²) in [6.45, 7) is 1.58. The third kappa shape index (κ3) is 4.27. The molecule has 0 spiro atoms. The summed E-state index contributed by atoms with van der Waals surface area (Å²) in [5.41, 5.74) is 4.62. The first kappa shape index (κ1) is 14.4. The molecule has 1 heterocycles. The van der Waals surface area contributed by atoms with Gasteiger partial charge in [-0.15, -0.1) is 0 Å². The molecule has 1 aromatic carbocycles. The summed E-state index contributed by atoms with van der Waals surface area (Å²) in [5, 5.41) is 0. The van der Waals surface area contributed by atoms with Crippen LogP contribution in [0.25, 0.3) is 0 Å². The molecular formula is C14H14N4O3. The Labute approximate surface area is 121 Å². The monoisotopic (exact) mass is 286 g/mol. The topological polar surface area (TPSA) is 93.2 Å². The first-order valence-corrected chi connectivity index (χ1v) is 6.24. The molecule has 0 aliphatic carbocycles. The smallest absolute Gasteiger partial charge is 0.289 e. The Bertz CT molecular complexity index is 604. The SMILES string of the molecule is CC(Oc1ccccc1)C(=O)NNC(=O)c1cnccn1. The highest BCUT2D eigenvalue weighted by Gasteiger charge is 2.16. The third-order valence-electron chi connectivity index (χ3n) is 2.52. The number of ether oxygens (including phenoxy) is 1. The quantitative estimate of drug-likeness (QED) is 0.807. The van der Waals surface area contributed by atoms with Crippen LogP contribution in [0, 0.1) is 0 Å². The van der Waals surface area contributed by atoms with Crippen LogP contribution in [0.2, 0.25) is 0 Å². The molecular weight excluding hydrogens is 272 g/mol. The van der Waals surface area contributed by atoms with E-state index in [0.29, 0.717) is 5.75 Å².